The number of hydrazine groups is 1. The SMILES string of the molecule is COc1cc2c(cc1C(=O)Nc1cccc(C(=N)N(N)C(C)C)n1)CN(C)C2.O=Cc1ccc(F)cc1. The van der Waals surface area contributed by atoms with E-state index in [2.05, 4.69) is 15.2 Å². The van der Waals surface area contributed by atoms with Gasteiger partial charge in [-0.05, 0) is 80.6 Å². The van der Waals surface area contributed by atoms with Crippen molar-refractivity contribution in [1.29, 1.82) is 5.41 Å². The van der Waals surface area contributed by atoms with Crippen LogP contribution in [0.4, 0.5) is 10.2 Å². The molecule has 0 saturated carbocycles. The van der Waals surface area contributed by atoms with E-state index in [9.17, 15) is 14.0 Å². The molecule has 2 aromatic carbocycles. The maximum atomic E-state index is 12.9. The fourth-order valence-electron chi connectivity index (χ4n) is 3.70. The lowest BCUT2D eigenvalue weighted by molar-refractivity contribution is 0.102. The normalized spacial score (nSPS) is 12.3. The molecule has 10 heteroatoms. The molecule has 37 heavy (non-hydrogen) atoms. The Labute approximate surface area is 215 Å². The predicted octanol–water partition coefficient (Wildman–Crippen LogP) is 3.84. The molecule has 1 aliphatic rings. The van der Waals surface area contributed by atoms with Gasteiger partial charge in [0.05, 0.1) is 12.7 Å². The number of halogens is 1. The van der Waals surface area contributed by atoms with Crippen LogP contribution in [0.15, 0.2) is 54.6 Å². The lowest BCUT2D eigenvalue weighted by Crippen LogP contribution is -2.43. The topological polar surface area (TPSA) is 125 Å². The fraction of sp³-hybridized carbons (Fsp3) is 0.259. The van der Waals surface area contributed by atoms with Crippen molar-refractivity contribution in [3.63, 3.8) is 0 Å². The number of methoxy groups -OCH3 is 1. The molecule has 0 atom stereocenters. The van der Waals surface area contributed by atoms with Crippen molar-refractivity contribution in [1.82, 2.24) is 14.9 Å². The highest BCUT2D eigenvalue weighted by atomic mass is 19.1. The van der Waals surface area contributed by atoms with E-state index in [0.29, 0.717) is 34.7 Å². The number of carbonyl (C=O) groups excluding carboxylic acids is 2. The Kier molecular flexibility index (Phi) is 9.05. The van der Waals surface area contributed by atoms with Crippen LogP contribution in [0.2, 0.25) is 0 Å². The van der Waals surface area contributed by atoms with Gasteiger partial charge in [0.2, 0.25) is 0 Å². The first kappa shape index (κ1) is 27.4. The minimum atomic E-state index is -0.319. The number of anilines is 1. The molecule has 0 saturated heterocycles. The largest absolute Gasteiger partial charge is 0.496 e. The van der Waals surface area contributed by atoms with Gasteiger partial charge in [-0.2, -0.15) is 0 Å². The number of hydrogen-bond acceptors (Lipinski definition) is 7. The van der Waals surface area contributed by atoms with Crippen LogP contribution < -0.4 is 15.9 Å². The zero-order chi connectivity index (χ0) is 27.1. The Bertz CT molecular complexity index is 1280. The Morgan fingerprint density at radius 2 is 1.84 bits per heavy atom. The standard InChI is InChI=1S/C20H26N6O2.C7H5FO/c1-12(2)26(22)19(21)16-6-5-7-18(23-16)24-20(27)15-8-13-10-25(3)11-14(13)9-17(15)28-4;8-7-3-1-6(5-9)2-4-7/h5-9,12,21H,10-11,22H2,1-4H3,(H,23,24,27);1-5H. The number of fused-ring (bicyclic) bond motifs is 1. The summed E-state index contributed by atoms with van der Waals surface area (Å²) in [5.74, 6) is 6.24. The Morgan fingerprint density at radius 1 is 1.19 bits per heavy atom. The second-order valence-corrected chi connectivity index (χ2v) is 8.87. The molecular weight excluding hydrogens is 475 g/mol. The minimum absolute atomic E-state index is 0.0404. The third-order valence-corrected chi connectivity index (χ3v) is 5.70. The van der Waals surface area contributed by atoms with E-state index in [0.717, 1.165) is 18.7 Å². The number of amides is 1. The van der Waals surface area contributed by atoms with Crippen LogP contribution in [0.25, 0.3) is 0 Å². The van der Waals surface area contributed by atoms with Crippen molar-refractivity contribution in [2.24, 2.45) is 5.84 Å². The Hall–Kier alpha value is -4.15. The number of pyridine rings is 1. The molecule has 1 aromatic heterocycles. The van der Waals surface area contributed by atoms with Crippen LogP contribution in [0, 0.1) is 11.2 Å². The zero-order valence-electron chi connectivity index (χ0n) is 21.3. The summed E-state index contributed by atoms with van der Waals surface area (Å²) >= 11 is 0. The van der Waals surface area contributed by atoms with Crippen LogP contribution in [0.1, 0.15) is 51.4 Å². The lowest BCUT2D eigenvalue weighted by atomic mass is 10.0. The van der Waals surface area contributed by atoms with Crippen molar-refractivity contribution in [3.8, 4) is 5.75 Å². The maximum absolute atomic E-state index is 12.9. The number of nitrogens with zero attached hydrogens (tertiary/aromatic N) is 3. The van der Waals surface area contributed by atoms with Crippen molar-refractivity contribution < 1.29 is 18.7 Å². The molecule has 0 bridgehead atoms. The minimum Gasteiger partial charge on any atom is -0.496 e. The highest BCUT2D eigenvalue weighted by molar-refractivity contribution is 6.06. The molecule has 4 N–H and O–H groups in total. The summed E-state index contributed by atoms with van der Waals surface area (Å²) in [5.41, 5.74) is 3.63. The van der Waals surface area contributed by atoms with E-state index in [1.54, 1.807) is 25.3 Å². The lowest BCUT2D eigenvalue weighted by Gasteiger charge is -2.23. The van der Waals surface area contributed by atoms with E-state index in [1.807, 2.05) is 33.0 Å². The molecule has 194 valence electrons. The molecule has 9 nitrogen and oxygen atoms in total. The molecular formula is C27H31FN6O3. The van der Waals surface area contributed by atoms with Gasteiger partial charge in [0.25, 0.3) is 5.91 Å². The van der Waals surface area contributed by atoms with Crippen molar-refractivity contribution in [2.75, 3.05) is 19.5 Å². The molecule has 3 aromatic rings. The number of aromatic nitrogens is 1. The van der Waals surface area contributed by atoms with E-state index < -0.39 is 0 Å². The second-order valence-electron chi connectivity index (χ2n) is 8.87. The zero-order valence-corrected chi connectivity index (χ0v) is 21.3. The van der Waals surface area contributed by atoms with Gasteiger partial charge >= 0.3 is 0 Å². The summed E-state index contributed by atoms with van der Waals surface area (Å²) in [7, 11) is 3.59. The van der Waals surface area contributed by atoms with E-state index in [4.69, 9.17) is 16.0 Å². The van der Waals surface area contributed by atoms with Gasteiger partial charge in [0, 0.05) is 24.7 Å². The smallest absolute Gasteiger partial charge is 0.260 e. The fourth-order valence-corrected chi connectivity index (χ4v) is 3.70. The van der Waals surface area contributed by atoms with Crippen LogP contribution in [0.3, 0.4) is 0 Å². The van der Waals surface area contributed by atoms with Crippen LogP contribution in [-0.2, 0) is 13.1 Å². The van der Waals surface area contributed by atoms with Crippen molar-refractivity contribution in [2.45, 2.75) is 33.0 Å². The number of aldehydes is 1. The average molecular weight is 507 g/mol. The predicted molar refractivity (Wildman–Crippen MR) is 140 cm³/mol. The Morgan fingerprint density at radius 3 is 2.43 bits per heavy atom. The number of nitrogens with two attached hydrogens (primary N) is 1. The molecule has 0 spiro atoms. The first-order chi connectivity index (χ1) is 17.6. The second kappa shape index (κ2) is 12.2. The number of ether oxygens (including phenoxy) is 1. The van der Waals surface area contributed by atoms with Gasteiger partial charge in [-0.1, -0.05) is 6.07 Å². The van der Waals surface area contributed by atoms with Crippen LogP contribution >= 0.6 is 0 Å². The van der Waals surface area contributed by atoms with Gasteiger partial charge in [0.15, 0.2) is 5.84 Å². The van der Waals surface area contributed by atoms with Gasteiger partial charge in [-0.3, -0.25) is 24.9 Å². The quantitative estimate of drug-likeness (QED) is 0.153. The molecule has 0 aliphatic carbocycles. The summed E-state index contributed by atoms with van der Waals surface area (Å²) < 4.78 is 17.5. The molecule has 0 radical (unpaired) electrons. The van der Waals surface area contributed by atoms with Crippen molar-refractivity contribution in [3.05, 3.63) is 88.4 Å². The van der Waals surface area contributed by atoms with E-state index in [1.165, 1.54) is 34.8 Å². The van der Waals surface area contributed by atoms with E-state index >= 15 is 0 Å². The van der Waals surface area contributed by atoms with E-state index in [-0.39, 0.29) is 23.6 Å². The first-order valence-corrected chi connectivity index (χ1v) is 11.6. The molecule has 0 unspecified atom stereocenters. The molecule has 4 rings (SSSR count). The average Bonchev–Trinajstić information content (AvgIpc) is 3.26. The monoisotopic (exact) mass is 506 g/mol. The third-order valence-electron chi connectivity index (χ3n) is 5.70. The maximum Gasteiger partial charge on any atom is 0.260 e. The van der Waals surface area contributed by atoms with Gasteiger partial charge in [-0.25, -0.2) is 15.2 Å². The number of nitrogens with one attached hydrogen (secondary N) is 2. The number of benzene rings is 2. The number of rotatable bonds is 6. The number of amidine groups is 1. The third kappa shape index (κ3) is 6.96. The summed E-state index contributed by atoms with van der Waals surface area (Å²) in [5, 5.41) is 12.3. The number of carbonyl (C=O) groups is 2. The summed E-state index contributed by atoms with van der Waals surface area (Å²) in [6, 6.07) is 14.2. The number of hydrogen-bond donors (Lipinski definition) is 3. The molecule has 2 heterocycles. The summed E-state index contributed by atoms with van der Waals surface area (Å²) in [6.07, 6.45) is 0.680. The van der Waals surface area contributed by atoms with Gasteiger partial charge in [-0.15, -0.1) is 0 Å². The highest BCUT2D eigenvalue weighted by Crippen LogP contribution is 2.30. The van der Waals surface area contributed by atoms with Crippen LogP contribution in [-0.4, -0.2) is 53.1 Å². The van der Waals surface area contributed by atoms with Crippen LogP contribution in [0.5, 0.6) is 5.75 Å². The van der Waals surface area contributed by atoms with Crippen molar-refractivity contribution >= 4 is 23.8 Å². The molecule has 1 amide bonds. The summed E-state index contributed by atoms with van der Waals surface area (Å²) in [4.78, 5) is 29.4. The highest BCUT2D eigenvalue weighted by Gasteiger charge is 2.22. The molecule has 1 aliphatic heterocycles. The van der Waals surface area contributed by atoms with Gasteiger partial charge in [0.1, 0.15) is 29.4 Å². The Balaban J connectivity index is 0.000000356. The van der Waals surface area contributed by atoms with Gasteiger partial charge < -0.3 is 10.1 Å². The summed E-state index contributed by atoms with van der Waals surface area (Å²) in [6.45, 7) is 5.41. The first-order valence-electron chi connectivity index (χ1n) is 11.6. The molecule has 0 fully saturated rings.